The molecule has 0 bridgehead atoms. The first-order chi connectivity index (χ1) is 26.6. The zero-order chi connectivity index (χ0) is 38.4. The Morgan fingerprint density at radius 3 is 0.519 bits per heavy atom. The van der Waals surface area contributed by atoms with Crippen LogP contribution in [0.4, 0.5) is 0 Å². The molecule has 6 heteroatoms. The van der Waals surface area contributed by atoms with Crippen LogP contribution in [0, 0.1) is 0 Å². The minimum absolute atomic E-state index is 0.659. The van der Waals surface area contributed by atoms with Crippen molar-refractivity contribution in [3.63, 3.8) is 0 Å². The molecule has 0 fully saturated rings. The standard InChI is InChI=1S/C48H72O6/c1-7-13-19-25-49-43-31-37-38(32-44(43)50-26-20-14-8-2)40-34-46(52-28-22-16-10-4)48(54-30-24-18-12-6)36-42(40)41-35-47(53-29-23-17-11-5)45(33-39(37)41)51-27-21-15-9-3/h31-36H,7-30H2,1-6H3. The van der Waals surface area contributed by atoms with E-state index in [-0.39, 0.29) is 0 Å². The molecule has 0 saturated heterocycles. The Morgan fingerprint density at radius 2 is 0.389 bits per heavy atom. The van der Waals surface area contributed by atoms with Gasteiger partial charge in [0.05, 0.1) is 39.6 Å². The lowest BCUT2D eigenvalue weighted by Crippen LogP contribution is -2.05. The molecule has 0 saturated carbocycles. The predicted octanol–water partition coefficient (Wildman–Crippen LogP) is 14.6. The molecule has 0 aliphatic rings. The largest absolute Gasteiger partial charge is 0.490 e. The van der Waals surface area contributed by atoms with E-state index in [0.29, 0.717) is 39.6 Å². The molecular formula is C48H72O6. The van der Waals surface area contributed by atoms with Gasteiger partial charge in [-0.25, -0.2) is 0 Å². The Kier molecular flexibility index (Phi) is 19.8. The van der Waals surface area contributed by atoms with Gasteiger partial charge in [-0.2, -0.15) is 0 Å². The van der Waals surface area contributed by atoms with Gasteiger partial charge in [0.2, 0.25) is 0 Å². The number of hydrogen-bond donors (Lipinski definition) is 0. The molecule has 300 valence electrons. The number of fused-ring (bicyclic) bond motifs is 6. The fourth-order valence-electron chi connectivity index (χ4n) is 6.90. The molecule has 4 rings (SSSR count). The van der Waals surface area contributed by atoms with Crippen molar-refractivity contribution in [2.45, 2.75) is 157 Å². The quantitative estimate of drug-likeness (QED) is 0.0391. The zero-order valence-corrected chi connectivity index (χ0v) is 34.9. The summed E-state index contributed by atoms with van der Waals surface area (Å²) in [5.41, 5.74) is 0. The maximum Gasteiger partial charge on any atom is 0.161 e. The number of benzene rings is 4. The topological polar surface area (TPSA) is 55.4 Å². The van der Waals surface area contributed by atoms with Gasteiger partial charge in [0, 0.05) is 0 Å². The van der Waals surface area contributed by atoms with Crippen LogP contribution in [0.25, 0.3) is 32.3 Å². The molecule has 4 aromatic carbocycles. The van der Waals surface area contributed by atoms with Crippen LogP contribution in [0.3, 0.4) is 0 Å². The summed E-state index contributed by atoms with van der Waals surface area (Å²) in [6.07, 6.45) is 19.8. The minimum atomic E-state index is 0.659. The Bertz CT molecular complexity index is 1320. The molecule has 0 aliphatic carbocycles. The van der Waals surface area contributed by atoms with E-state index in [2.05, 4.69) is 77.9 Å². The van der Waals surface area contributed by atoms with Gasteiger partial charge in [0.25, 0.3) is 0 Å². The Morgan fingerprint density at radius 1 is 0.241 bits per heavy atom. The molecule has 0 aromatic heterocycles. The van der Waals surface area contributed by atoms with Crippen LogP contribution in [0.1, 0.15) is 157 Å². The lowest BCUT2D eigenvalue weighted by molar-refractivity contribution is 0.260. The lowest BCUT2D eigenvalue weighted by atomic mass is 9.93. The van der Waals surface area contributed by atoms with Crippen molar-refractivity contribution in [2.24, 2.45) is 0 Å². The Hall–Kier alpha value is -3.54. The van der Waals surface area contributed by atoms with Crippen molar-refractivity contribution in [1.82, 2.24) is 0 Å². The highest BCUT2D eigenvalue weighted by Crippen LogP contribution is 2.47. The monoisotopic (exact) mass is 745 g/mol. The number of ether oxygens (including phenoxy) is 6. The van der Waals surface area contributed by atoms with E-state index in [9.17, 15) is 0 Å². The first-order valence-corrected chi connectivity index (χ1v) is 21.9. The van der Waals surface area contributed by atoms with Crippen LogP contribution in [-0.2, 0) is 0 Å². The maximum atomic E-state index is 6.54. The third kappa shape index (κ3) is 12.8. The molecule has 0 N–H and O–H groups in total. The van der Waals surface area contributed by atoms with Crippen molar-refractivity contribution in [3.05, 3.63) is 36.4 Å². The van der Waals surface area contributed by atoms with E-state index in [0.717, 1.165) is 182 Å². The van der Waals surface area contributed by atoms with E-state index < -0.39 is 0 Å². The summed E-state index contributed by atoms with van der Waals surface area (Å²) in [6, 6.07) is 13.2. The van der Waals surface area contributed by atoms with Crippen molar-refractivity contribution in [2.75, 3.05) is 39.6 Å². The molecule has 0 unspecified atom stereocenters. The molecule has 6 nitrogen and oxygen atoms in total. The van der Waals surface area contributed by atoms with Gasteiger partial charge in [-0.3, -0.25) is 0 Å². The second-order valence-corrected chi connectivity index (χ2v) is 14.9. The molecule has 0 aliphatic heterocycles. The van der Waals surface area contributed by atoms with Crippen LogP contribution >= 0.6 is 0 Å². The second-order valence-electron chi connectivity index (χ2n) is 14.9. The van der Waals surface area contributed by atoms with Crippen LogP contribution in [-0.4, -0.2) is 39.6 Å². The van der Waals surface area contributed by atoms with E-state index >= 15 is 0 Å². The van der Waals surface area contributed by atoms with Gasteiger partial charge in [-0.05, 0) is 107 Å². The molecule has 0 radical (unpaired) electrons. The molecule has 0 amide bonds. The van der Waals surface area contributed by atoms with Crippen LogP contribution in [0.15, 0.2) is 36.4 Å². The van der Waals surface area contributed by atoms with Gasteiger partial charge in [0.15, 0.2) is 34.5 Å². The molecule has 0 atom stereocenters. The van der Waals surface area contributed by atoms with Crippen molar-refractivity contribution < 1.29 is 28.4 Å². The predicted molar refractivity (Wildman–Crippen MR) is 229 cm³/mol. The normalized spacial score (nSPS) is 11.4. The Labute approximate surface area is 327 Å². The van der Waals surface area contributed by atoms with Crippen molar-refractivity contribution in [3.8, 4) is 34.5 Å². The molecular weight excluding hydrogens is 673 g/mol. The van der Waals surface area contributed by atoms with Gasteiger partial charge < -0.3 is 28.4 Å². The summed E-state index contributed by atoms with van der Waals surface area (Å²) in [4.78, 5) is 0. The van der Waals surface area contributed by atoms with Gasteiger partial charge in [0.1, 0.15) is 0 Å². The van der Waals surface area contributed by atoms with E-state index in [1.165, 1.54) is 0 Å². The summed E-state index contributed by atoms with van der Waals surface area (Å²) < 4.78 is 39.3. The number of rotatable bonds is 30. The summed E-state index contributed by atoms with van der Waals surface area (Å²) in [5, 5.41) is 6.63. The van der Waals surface area contributed by atoms with Crippen LogP contribution in [0.5, 0.6) is 34.5 Å². The van der Waals surface area contributed by atoms with Crippen molar-refractivity contribution in [1.29, 1.82) is 0 Å². The van der Waals surface area contributed by atoms with E-state index in [1.807, 2.05) is 0 Å². The molecule has 0 spiro atoms. The number of unbranched alkanes of at least 4 members (excludes halogenated alkanes) is 12. The summed E-state index contributed by atoms with van der Waals surface area (Å²) >= 11 is 0. The maximum absolute atomic E-state index is 6.54. The molecule has 54 heavy (non-hydrogen) atoms. The third-order valence-corrected chi connectivity index (χ3v) is 10.2. The van der Waals surface area contributed by atoms with E-state index in [4.69, 9.17) is 28.4 Å². The summed E-state index contributed by atoms with van der Waals surface area (Å²) in [7, 11) is 0. The lowest BCUT2D eigenvalue weighted by Gasteiger charge is -2.21. The first-order valence-electron chi connectivity index (χ1n) is 21.9. The third-order valence-electron chi connectivity index (χ3n) is 10.2. The molecule has 0 heterocycles. The SMILES string of the molecule is CCCCCOc1cc2c3cc(OCCCCC)c(OCCCCC)cc3c3cc(OCCCCC)c(OCCCCC)cc3c2cc1OCCCCC. The van der Waals surface area contributed by atoms with Gasteiger partial charge >= 0.3 is 0 Å². The van der Waals surface area contributed by atoms with E-state index in [1.54, 1.807) is 0 Å². The zero-order valence-electron chi connectivity index (χ0n) is 34.9. The molecule has 4 aromatic rings. The average Bonchev–Trinajstić information content (AvgIpc) is 3.19. The summed E-state index contributed by atoms with van der Waals surface area (Å²) in [5.74, 6) is 4.79. The average molecular weight is 745 g/mol. The Balaban J connectivity index is 2.00. The highest BCUT2D eigenvalue weighted by Gasteiger charge is 2.20. The second kappa shape index (κ2) is 24.8. The van der Waals surface area contributed by atoms with Gasteiger partial charge in [-0.15, -0.1) is 0 Å². The number of hydrogen-bond acceptors (Lipinski definition) is 6. The minimum Gasteiger partial charge on any atom is -0.490 e. The van der Waals surface area contributed by atoms with Crippen molar-refractivity contribution >= 4 is 32.3 Å². The summed E-state index contributed by atoms with van der Waals surface area (Å²) in [6.45, 7) is 17.3. The van der Waals surface area contributed by atoms with Crippen LogP contribution < -0.4 is 28.4 Å². The van der Waals surface area contributed by atoms with Gasteiger partial charge in [-0.1, -0.05) is 119 Å². The highest BCUT2D eigenvalue weighted by molar-refractivity contribution is 6.26. The first kappa shape index (κ1) is 43.2. The van der Waals surface area contributed by atoms with Crippen LogP contribution in [0.2, 0.25) is 0 Å². The fourth-order valence-corrected chi connectivity index (χ4v) is 6.90. The fraction of sp³-hybridized carbons (Fsp3) is 0.625. The highest BCUT2D eigenvalue weighted by atomic mass is 16.5. The smallest absolute Gasteiger partial charge is 0.161 e.